The van der Waals surface area contributed by atoms with E-state index >= 15 is 0 Å². The topological polar surface area (TPSA) is 93.7 Å². The quantitative estimate of drug-likeness (QED) is 0.614. The number of carbonyl (C=O) groups excluding carboxylic acids is 3. The molecule has 0 aliphatic carbocycles. The molecule has 3 atom stereocenters. The van der Waals surface area contributed by atoms with Crippen LogP contribution in [0.15, 0.2) is 48.5 Å². The Balaban J connectivity index is 1.56. The van der Waals surface area contributed by atoms with Gasteiger partial charge in [0, 0.05) is 18.0 Å². The SMILES string of the molecule is CCOC(=O)c1ccc(NC(=O)[C@@H]2C(=O)N[C@]3(C)C[C@H]2c2ccccc2O3)cc1. The van der Waals surface area contributed by atoms with Crippen LogP contribution in [-0.4, -0.2) is 30.1 Å². The van der Waals surface area contributed by atoms with Crippen LogP contribution in [-0.2, 0) is 14.3 Å². The summed E-state index contributed by atoms with van der Waals surface area (Å²) in [6.07, 6.45) is 0.510. The zero-order valence-electron chi connectivity index (χ0n) is 16.2. The average molecular weight is 394 g/mol. The lowest BCUT2D eigenvalue weighted by molar-refractivity contribution is -0.145. The van der Waals surface area contributed by atoms with Gasteiger partial charge in [-0.3, -0.25) is 9.59 Å². The zero-order valence-corrected chi connectivity index (χ0v) is 16.2. The minimum Gasteiger partial charge on any atom is -0.468 e. The Bertz CT molecular complexity index is 971. The lowest BCUT2D eigenvalue weighted by atomic mass is 9.74. The van der Waals surface area contributed by atoms with E-state index in [-0.39, 0.29) is 11.8 Å². The van der Waals surface area contributed by atoms with E-state index in [2.05, 4.69) is 10.6 Å². The van der Waals surface area contributed by atoms with Gasteiger partial charge in [-0.2, -0.15) is 0 Å². The van der Waals surface area contributed by atoms with E-state index in [1.807, 2.05) is 31.2 Å². The molecule has 2 N–H and O–H groups in total. The van der Waals surface area contributed by atoms with Crippen LogP contribution >= 0.6 is 0 Å². The molecule has 2 aliphatic rings. The molecule has 2 aromatic carbocycles. The van der Waals surface area contributed by atoms with Crippen molar-refractivity contribution in [2.45, 2.75) is 31.9 Å². The first-order valence-corrected chi connectivity index (χ1v) is 9.58. The number of hydrogen-bond acceptors (Lipinski definition) is 5. The molecule has 150 valence electrons. The maximum Gasteiger partial charge on any atom is 0.338 e. The van der Waals surface area contributed by atoms with E-state index in [0.717, 1.165) is 5.56 Å². The Morgan fingerprint density at radius 3 is 2.66 bits per heavy atom. The molecule has 0 aromatic heterocycles. The first-order valence-electron chi connectivity index (χ1n) is 9.58. The van der Waals surface area contributed by atoms with Crippen LogP contribution in [0, 0.1) is 5.92 Å². The summed E-state index contributed by atoms with van der Waals surface area (Å²) >= 11 is 0. The minimum absolute atomic E-state index is 0.280. The summed E-state index contributed by atoms with van der Waals surface area (Å²) in [4.78, 5) is 37.5. The number of amides is 2. The molecule has 29 heavy (non-hydrogen) atoms. The van der Waals surface area contributed by atoms with Crippen LogP contribution in [0.2, 0.25) is 0 Å². The van der Waals surface area contributed by atoms with Gasteiger partial charge in [0.25, 0.3) is 0 Å². The fraction of sp³-hybridized carbons (Fsp3) is 0.318. The number of benzene rings is 2. The Morgan fingerprint density at radius 2 is 1.93 bits per heavy atom. The van der Waals surface area contributed by atoms with Crippen molar-refractivity contribution in [3.05, 3.63) is 59.7 Å². The van der Waals surface area contributed by atoms with E-state index < -0.39 is 23.5 Å². The van der Waals surface area contributed by atoms with Crippen molar-refractivity contribution in [3.63, 3.8) is 0 Å². The number of carbonyl (C=O) groups is 3. The highest BCUT2D eigenvalue weighted by molar-refractivity contribution is 6.08. The fourth-order valence-corrected chi connectivity index (χ4v) is 4.01. The maximum absolute atomic E-state index is 13.0. The second-order valence-corrected chi connectivity index (χ2v) is 7.44. The highest BCUT2D eigenvalue weighted by Crippen LogP contribution is 2.46. The number of piperidine rings is 1. The van der Waals surface area contributed by atoms with Crippen LogP contribution in [0.3, 0.4) is 0 Å². The van der Waals surface area contributed by atoms with Crippen molar-refractivity contribution in [2.75, 3.05) is 11.9 Å². The van der Waals surface area contributed by atoms with E-state index in [1.165, 1.54) is 0 Å². The van der Waals surface area contributed by atoms with Gasteiger partial charge in [-0.05, 0) is 49.7 Å². The van der Waals surface area contributed by atoms with Crippen molar-refractivity contribution in [1.29, 1.82) is 0 Å². The summed E-state index contributed by atoms with van der Waals surface area (Å²) in [5, 5.41) is 5.63. The second kappa shape index (κ2) is 7.24. The van der Waals surface area contributed by atoms with Crippen molar-refractivity contribution in [1.82, 2.24) is 5.32 Å². The summed E-state index contributed by atoms with van der Waals surface area (Å²) in [6, 6.07) is 13.9. The van der Waals surface area contributed by atoms with Crippen molar-refractivity contribution >= 4 is 23.5 Å². The van der Waals surface area contributed by atoms with Gasteiger partial charge in [-0.1, -0.05) is 18.2 Å². The van der Waals surface area contributed by atoms with E-state index in [9.17, 15) is 14.4 Å². The van der Waals surface area contributed by atoms with Gasteiger partial charge in [-0.15, -0.1) is 0 Å². The van der Waals surface area contributed by atoms with Crippen molar-refractivity contribution in [3.8, 4) is 5.75 Å². The number of hydrogen-bond donors (Lipinski definition) is 2. The molecule has 2 bridgehead atoms. The lowest BCUT2D eigenvalue weighted by Crippen LogP contribution is -2.62. The second-order valence-electron chi connectivity index (χ2n) is 7.44. The van der Waals surface area contributed by atoms with E-state index in [4.69, 9.17) is 9.47 Å². The molecule has 0 spiro atoms. The summed E-state index contributed by atoms with van der Waals surface area (Å²) in [6.45, 7) is 3.84. The minimum atomic E-state index is -0.877. The van der Waals surface area contributed by atoms with Crippen LogP contribution < -0.4 is 15.4 Å². The molecule has 0 radical (unpaired) electrons. The number of esters is 1. The zero-order chi connectivity index (χ0) is 20.6. The Kier molecular flexibility index (Phi) is 4.74. The highest BCUT2D eigenvalue weighted by Gasteiger charge is 2.51. The molecule has 7 nitrogen and oxygen atoms in total. The van der Waals surface area contributed by atoms with Gasteiger partial charge in [0.05, 0.1) is 12.2 Å². The maximum atomic E-state index is 13.0. The average Bonchev–Trinajstić information content (AvgIpc) is 2.68. The predicted molar refractivity (Wildman–Crippen MR) is 105 cm³/mol. The van der Waals surface area contributed by atoms with Gasteiger partial charge in [0.2, 0.25) is 11.8 Å². The van der Waals surface area contributed by atoms with Gasteiger partial charge in [0.1, 0.15) is 11.7 Å². The molecule has 4 rings (SSSR count). The third kappa shape index (κ3) is 3.55. The van der Waals surface area contributed by atoms with Gasteiger partial charge < -0.3 is 20.1 Å². The van der Waals surface area contributed by atoms with Crippen LogP contribution in [0.5, 0.6) is 5.75 Å². The largest absolute Gasteiger partial charge is 0.468 e. The number of nitrogens with one attached hydrogen (secondary N) is 2. The predicted octanol–water partition coefficient (Wildman–Crippen LogP) is 2.83. The Hall–Kier alpha value is -3.35. The number of ether oxygens (including phenoxy) is 2. The summed E-state index contributed by atoms with van der Waals surface area (Å²) in [7, 11) is 0. The van der Waals surface area contributed by atoms with E-state index in [1.54, 1.807) is 31.2 Å². The van der Waals surface area contributed by atoms with Crippen molar-refractivity contribution < 1.29 is 23.9 Å². The number of rotatable bonds is 4. The first-order chi connectivity index (χ1) is 13.9. The lowest BCUT2D eigenvalue weighted by Gasteiger charge is -2.46. The number of para-hydroxylation sites is 1. The number of anilines is 1. The molecule has 1 fully saturated rings. The van der Waals surface area contributed by atoms with E-state index in [0.29, 0.717) is 30.0 Å². The van der Waals surface area contributed by atoms with Crippen LogP contribution in [0.4, 0.5) is 5.69 Å². The molecular weight excluding hydrogens is 372 g/mol. The molecule has 0 saturated carbocycles. The molecule has 1 saturated heterocycles. The van der Waals surface area contributed by atoms with Gasteiger partial charge in [-0.25, -0.2) is 4.79 Å². The first kappa shape index (κ1) is 19.0. The summed E-state index contributed by atoms with van der Waals surface area (Å²) < 4.78 is 10.9. The molecule has 7 heteroatoms. The van der Waals surface area contributed by atoms with Gasteiger partial charge >= 0.3 is 5.97 Å². The smallest absolute Gasteiger partial charge is 0.338 e. The van der Waals surface area contributed by atoms with Gasteiger partial charge in [0.15, 0.2) is 5.72 Å². The molecule has 2 aliphatic heterocycles. The molecule has 2 aromatic rings. The molecule has 2 heterocycles. The Labute approximate surface area is 168 Å². The number of fused-ring (bicyclic) bond motifs is 4. The monoisotopic (exact) mass is 394 g/mol. The fourth-order valence-electron chi connectivity index (χ4n) is 4.01. The normalized spacial score (nSPS) is 24.6. The summed E-state index contributed by atoms with van der Waals surface area (Å²) in [5.41, 5.74) is 0.935. The molecular formula is C22H22N2O5. The van der Waals surface area contributed by atoms with Crippen molar-refractivity contribution in [2.24, 2.45) is 5.92 Å². The van der Waals surface area contributed by atoms with Crippen LogP contribution in [0.1, 0.15) is 42.1 Å². The highest BCUT2D eigenvalue weighted by atomic mass is 16.5. The third-order valence-corrected chi connectivity index (χ3v) is 5.28. The standard InChI is InChI=1S/C22H22N2O5/c1-3-28-21(27)13-8-10-14(11-9-13)23-19(25)18-16-12-22(2,24-20(18)26)29-17-7-5-4-6-15(16)17/h4-11,16,18H,3,12H2,1-2H3,(H,23,25)(H,24,26)/t16-,18+,22-/m0/s1. The summed E-state index contributed by atoms with van der Waals surface area (Å²) in [5.74, 6) is -1.65. The molecule has 0 unspecified atom stereocenters. The molecule has 2 amide bonds. The Morgan fingerprint density at radius 1 is 1.21 bits per heavy atom. The third-order valence-electron chi connectivity index (χ3n) is 5.28. The van der Waals surface area contributed by atoms with Crippen LogP contribution in [0.25, 0.3) is 0 Å².